The van der Waals surface area contributed by atoms with Crippen LogP contribution in [0.1, 0.15) is 43.0 Å². The Morgan fingerprint density at radius 1 is 1.39 bits per heavy atom. The van der Waals surface area contributed by atoms with E-state index in [-0.39, 0.29) is 11.7 Å². The molecule has 1 N–H and O–H groups in total. The molecule has 0 unspecified atom stereocenters. The van der Waals surface area contributed by atoms with E-state index < -0.39 is 10.0 Å². The van der Waals surface area contributed by atoms with Gasteiger partial charge in [-0.05, 0) is 25.2 Å². The molecule has 1 aromatic rings. The minimum Gasteiger partial charge on any atom is -0.352 e. The molecule has 1 aliphatic heterocycles. The second kappa shape index (κ2) is 7.92. The zero-order valence-corrected chi connectivity index (χ0v) is 14.7. The van der Waals surface area contributed by atoms with Gasteiger partial charge in [-0.1, -0.05) is 13.3 Å². The third kappa shape index (κ3) is 5.04. The molecule has 1 saturated heterocycles. The van der Waals surface area contributed by atoms with Crippen LogP contribution in [0, 0.1) is 5.92 Å². The van der Waals surface area contributed by atoms with E-state index in [9.17, 15) is 13.2 Å². The highest BCUT2D eigenvalue weighted by Gasteiger charge is 2.27. The lowest BCUT2D eigenvalue weighted by Gasteiger charge is -2.31. The molecule has 130 valence electrons. The average Bonchev–Trinajstić information content (AvgIpc) is 2.98. The summed E-state index contributed by atoms with van der Waals surface area (Å²) in [5.41, 5.74) is 0.548. The first-order valence-corrected chi connectivity index (χ1v) is 9.78. The summed E-state index contributed by atoms with van der Waals surface area (Å²) in [7, 11) is -1.34. The topological polar surface area (TPSA) is 84.3 Å². The molecule has 1 aromatic heterocycles. The Balaban J connectivity index is 1.75. The summed E-state index contributed by atoms with van der Waals surface area (Å²) in [6.45, 7) is 3.68. The molecule has 0 bridgehead atoms. The fourth-order valence-corrected chi connectivity index (χ4v) is 4.40. The Hall–Kier alpha value is -1.41. The highest BCUT2D eigenvalue weighted by molar-refractivity contribution is 7.89. The van der Waals surface area contributed by atoms with E-state index >= 15 is 0 Å². The first-order chi connectivity index (χ1) is 10.9. The predicted molar refractivity (Wildman–Crippen MR) is 88.5 cm³/mol. The van der Waals surface area contributed by atoms with Gasteiger partial charge in [0.1, 0.15) is 0 Å². The summed E-state index contributed by atoms with van der Waals surface area (Å²) in [5, 5.41) is 6.89. The van der Waals surface area contributed by atoms with Crippen LogP contribution in [0.3, 0.4) is 0 Å². The molecule has 1 amide bonds. The summed E-state index contributed by atoms with van der Waals surface area (Å²) in [6.07, 6.45) is 6.40. The molecule has 0 spiro atoms. The van der Waals surface area contributed by atoms with E-state index in [1.165, 1.54) is 6.20 Å². The van der Waals surface area contributed by atoms with Crippen molar-refractivity contribution in [2.45, 2.75) is 32.6 Å². The second-order valence-corrected chi connectivity index (χ2v) is 8.21. The summed E-state index contributed by atoms with van der Waals surface area (Å²) in [6, 6.07) is 0. The van der Waals surface area contributed by atoms with Crippen molar-refractivity contribution in [1.29, 1.82) is 0 Å². The van der Waals surface area contributed by atoms with Crippen LogP contribution >= 0.6 is 0 Å². The predicted octanol–water partition coefficient (Wildman–Crippen LogP) is 0.992. The highest BCUT2D eigenvalue weighted by Crippen LogP contribution is 2.20. The van der Waals surface area contributed by atoms with Crippen molar-refractivity contribution >= 4 is 15.9 Å². The van der Waals surface area contributed by atoms with Crippen LogP contribution in [0.2, 0.25) is 0 Å². The number of sulfonamides is 1. The summed E-state index contributed by atoms with van der Waals surface area (Å²) >= 11 is 0. The number of aryl methyl sites for hydroxylation is 1. The van der Waals surface area contributed by atoms with Crippen molar-refractivity contribution in [3.63, 3.8) is 0 Å². The van der Waals surface area contributed by atoms with Gasteiger partial charge < -0.3 is 5.32 Å². The average molecular weight is 342 g/mol. The number of hydrogen-bond acceptors (Lipinski definition) is 4. The van der Waals surface area contributed by atoms with Gasteiger partial charge in [-0.3, -0.25) is 9.48 Å². The van der Waals surface area contributed by atoms with Crippen molar-refractivity contribution in [3.05, 3.63) is 18.0 Å². The van der Waals surface area contributed by atoms with Gasteiger partial charge in [0.2, 0.25) is 10.0 Å². The van der Waals surface area contributed by atoms with Crippen molar-refractivity contribution < 1.29 is 13.2 Å². The standard InChI is InChI=1S/C15H26N4O3S/c1-3-4-9-23(21,22)19-7-5-13(6-8-19)10-16-15(20)14-11-17-18(2)12-14/h11-13H,3-10H2,1-2H3,(H,16,20). The Morgan fingerprint density at radius 2 is 2.09 bits per heavy atom. The molecular formula is C15H26N4O3S. The van der Waals surface area contributed by atoms with Gasteiger partial charge in [0.25, 0.3) is 5.91 Å². The molecule has 2 heterocycles. The van der Waals surface area contributed by atoms with Gasteiger partial charge in [-0.25, -0.2) is 12.7 Å². The van der Waals surface area contributed by atoms with Crippen LogP contribution < -0.4 is 5.32 Å². The number of rotatable bonds is 7. The SMILES string of the molecule is CCCCS(=O)(=O)N1CCC(CNC(=O)c2cnn(C)c2)CC1. The third-order valence-electron chi connectivity index (χ3n) is 4.24. The van der Waals surface area contributed by atoms with E-state index in [1.54, 1.807) is 22.2 Å². The van der Waals surface area contributed by atoms with Gasteiger partial charge in [-0.2, -0.15) is 5.10 Å². The molecule has 0 aliphatic carbocycles. The summed E-state index contributed by atoms with van der Waals surface area (Å²) in [4.78, 5) is 12.0. The fourth-order valence-electron chi connectivity index (χ4n) is 2.72. The fraction of sp³-hybridized carbons (Fsp3) is 0.733. The molecule has 0 atom stereocenters. The Morgan fingerprint density at radius 3 is 2.65 bits per heavy atom. The number of nitrogens with zero attached hydrogens (tertiary/aromatic N) is 3. The molecule has 8 heteroatoms. The van der Waals surface area contributed by atoms with E-state index in [0.29, 0.717) is 37.5 Å². The number of nitrogens with one attached hydrogen (secondary N) is 1. The van der Waals surface area contributed by atoms with Crippen molar-refractivity contribution in [2.24, 2.45) is 13.0 Å². The van der Waals surface area contributed by atoms with Crippen LogP contribution in [0.4, 0.5) is 0 Å². The third-order valence-corrected chi connectivity index (χ3v) is 6.20. The molecule has 23 heavy (non-hydrogen) atoms. The van der Waals surface area contributed by atoms with Crippen LogP contribution in [0.25, 0.3) is 0 Å². The maximum absolute atomic E-state index is 12.2. The van der Waals surface area contributed by atoms with Gasteiger partial charge in [-0.15, -0.1) is 0 Å². The maximum Gasteiger partial charge on any atom is 0.254 e. The van der Waals surface area contributed by atoms with Gasteiger partial charge in [0.05, 0.1) is 17.5 Å². The Bertz CT molecular complexity index is 618. The molecule has 7 nitrogen and oxygen atoms in total. The number of unbranched alkanes of at least 4 members (excludes halogenated alkanes) is 1. The van der Waals surface area contributed by atoms with E-state index in [1.807, 2.05) is 6.92 Å². The van der Waals surface area contributed by atoms with Gasteiger partial charge >= 0.3 is 0 Å². The summed E-state index contributed by atoms with van der Waals surface area (Å²) < 4.78 is 27.5. The quantitative estimate of drug-likeness (QED) is 0.801. The van der Waals surface area contributed by atoms with Gasteiger partial charge in [0, 0.05) is 32.9 Å². The number of carbonyl (C=O) groups excluding carboxylic acids is 1. The summed E-state index contributed by atoms with van der Waals surface area (Å²) in [5.74, 6) is 0.440. The number of amides is 1. The lowest BCUT2D eigenvalue weighted by molar-refractivity contribution is 0.0941. The minimum atomic E-state index is -3.11. The van der Waals surface area contributed by atoms with Crippen molar-refractivity contribution in [3.8, 4) is 0 Å². The monoisotopic (exact) mass is 342 g/mol. The molecule has 1 fully saturated rings. The number of piperidine rings is 1. The van der Waals surface area contributed by atoms with Gasteiger partial charge in [0.15, 0.2) is 0 Å². The lowest BCUT2D eigenvalue weighted by Crippen LogP contribution is -2.42. The van der Waals surface area contributed by atoms with Crippen LogP contribution in [-0.4, -0.2) is 53.8 Å². The lowest BCUT2D eigenvalue weighted by atomic mass is 9.98. The van der Waals surface area contributed by atoms with E-state index in [2.05, 4.69) is 10.4 Å². The van der Waals surface area contributed by atoms with E-state index in [0.717, 1.165) is 19.3 Å². The number of carbonyl (C=O) groups is 1. The van der Waals surface area contributed by atoms with E-state index in [4.69, 9.17) is 0 Å². The van der Waals surface area contributed by atoms with Crippen LogP contribution in [-0.2, 0) is 17.1 Å². The number of aromatic nitrogens is 2. The minimum absolute atomic E-state index is 0.129. The van der Waals surface area contributed by atoms with Crippen molar-refractivity contribution in [2.75, 3.05) is 25.4 Å². The molecule has 0 saturated carbocycles. The first kappa shape index (κ1) is 17.9. The molecule has 0 aromatic carbocycles. The molecule has 0 radical (unpaired) electrons. The number of hydrogen-bond donors (Lipinski definition) is 1. The smallest absolute Gasteiger partial charge is 0.254 e. The zero-order chi connectivity index (χ0) is 16.9. The second-order valence-electron chi connectivity index (χ2n) is 6.12. The largest absolute Gasteiger partial charge is 0.352 e. The molecule has 2 rings (SSSR count). The van der Waals surface area contributed by atoms with Crippen molar-refractivity contribution in [1.82, 2.24) is 19.4 Å². The highest BCUT2D eigenvalue weighted by atomic mass is 32.2. The molecular weight excluding hydrogens is 316 g/mol. The van der Waals surface area contributed by atoms with Crippen LogP contribution in [0.15, 0.2) is 12.4 Å². The normalized spacial score (nSPS) is 17.3. The van der Waals surface area contributed by atoms with Crippen LogP contribution in [0.5, 0.6) is 0 Å². The molecule has 1 aliphatic rings. The maximum atomic E-state index is 12.2. The Kier molecular flexibility index (Phi) is 6.17. The zero-order valence-electron chi connectivity index (χ0n) is 13.9. The Labute approximate surface area is 138 Å². The first-order valence-electron chi connectivity index (χ1n) is 8.17.